The maximum atomic E-state index is 5.71. The van der Waals surface area contributed by atoms with E-state index in [0.29, 0.717) is 5.41 Å². The SMILES string of the molecule is CC(C)(C)CCC(NN)c1ccc(C(C)(C)C)cc1. The van der Waals surface area contributed by atoms with Gasteiger partial charge < -0.3 is 0 Å². The third kappa shape index (κ3) is 5.33. The first-order valence-electron chi connectivity index (χ1n) is 7.20. The summed E-state index contributed by atoms with van der Waals surface area (Å²) in [5.41, 5.74) is 6.14. The summed E-state index contributed by atoms with van der Waals surface area (Å²) in [5, 5.41) is 0. The van der Waals surface area contributed by atoms with E-state index in [4.69, 9.17) is 5.84 Å². The number of hydrazine groups is 1. The van der Waals surface area contributed by atoms with Gasteiger partial charge in [0, 0.05) is 6.04 Å². The van der Waals surface area contributed by atoms with Crippen molar-refractivity contribution >= 4 is 0 Å². The van der Waals surface area contributed by atoms with Gasteiger partial charge in [0.15, 0.2) is 0 Å². The molecular weight excluding hydrogens is 232 g/mol. The summed E-state index contributed by atoms with van der Waals surface area (Å²) in [6.45, 7) is 13.5. The molecule has 0 fully saturated rings. The van der Waals surface area contributed by atoms with Crippen LogP contribution >= 0.6 is 0 Å². The van der Waals surface area contributed by atoms with Crippen LogP contribution in [-0.4, -0.2) is 0 Å². The van der Waals surface area contributed by atoms with E-state index in [1.807, 2.05) is 0 Å². The molecular formula is C17H30N2. The standard InChI is InChI=1S/C17H30N2/c1-16(2,3)12-11-15(19-18)13-7-9-14(10-8-13)17(4,5)6/h7-10,15,19H,11-12,18H2,1-6H3. The molecule has 0 aromatic heterocycles. The van der Waals surface area contributed by atoms with Crippen LogP contribution in [0.15, 0.2) is 24.3 Å². The smallest absolute Gasteiger partial charge is 0.0460 e. The second-order valence-corrected chi connectivity index (χ2v) is 7.69. The number of rotatable bonds is 4. The average molecular weight is 262 g/mol. The molecule has 1 rings (SSSR count). The van der Waals surface area contributed by atoms with Crippen LogP contribution in [0.2, 0.25) is 0 Å². The third-order valence-corrected chi connectivity index (χ3v) is 3.56. The Hall–Kier alpha value is -0.860. The van der Waals surface area contributed by atoms with Crippen LogP contribution in [-0.2, 0) is 5.41 Å². The van der Waals surface area contributed by atoms with E-state index >= 15 is 0 Å². The highest BCUT2D eigenvalue weighted by atomic mass is 15.2. The van der Waals surface area contributed by atoms with E-state index in [9.17, 15) is 0 Å². The van der Waals surface area contributed by atoms with Gasteiger partial charge in [-0.25, -0.2) is 0 Å². The molecule has 2 heteroatoms. The highest BCUT2D eigenvalue weighted by molar-refractivity contribution is 5.29. The monoisotopic (exact) mass is 262 g/mol. The van der Waals surface area contributed by atoms with Gasteiger partial charge in [0.25, 0.3) is 0 Å². The van der Waals surface area contributed by atoms with Crippen LogP contribution in [0.1, 0.15) is 71.6 Å². The Morgan fingerprint density at radius 2 is 1.53 bits per heavy atom. The largest absolute Gasteiger partial charge is 0.271 e. The van der Waals surface area contributed by atoms with Crippen molar-refractivity contribution in [1.29, 1.82) is 0 Å². The first-order chi connectivity index (χ1) is 8.63. The summed E-state index contributed by atoms with van der Waals surface area (Å²) >= 11 is 0. The van der Waals surface area contributed by atoms with Gasteiger partial charge in [0.2, 0.25) is 0 Å². The van der Waals surface area contributed by atoms with Gasteiger partial charge in [-0.1, -0.05) is 65.8 Å². The molecule has 1 aromatic rings. The van der Waals surface area contributed by atoms with Gasteiger partial charge in [0.05, 0.1) is 0 Å². The van der Waals surface area contributed by atoms with Crippen molar-refractivity contribution in [3.63, 3.8) is 0 Å². The van der Waals surface area contributed by atoms with Gasteiger partial charge in [-0.05, 0) is 34.8 Å². The lowest BCUT2D eigenvalue weighted by atomic mass is 9.84. The third-order valence-electron chi connectivity index (χ3n) is 3.56. The summed E-state index contributed by atoms with van der Waals surface area (Å²) < 4.78 is 0. The zero-order chi connectivity index (χ0) is 14.7. The fourth-order valence-electron chi connectivity index (χ4n) is 2.14. The van der Waals surface area contributed by atoms with Crippen molar-refractivity contribution in [3.05, 3.63) is 35.4 Å². The summed E-state index contributed by atoms with van der Waals surface area (Å²) in [4.78, 5) is 0. The fourth-order valence-corrected chi connectivity index (χ4v) is 2.14. The Morgan fingerprint density at radius 3 is 1.89 bits per heavy atom. The van der Waals surface area contributed by atoms with Gasteiger partial charge >= 0.3 is 0 Å². The molecule has 0 aliphatic heterocycles. The zero-order valence-electron chi connectivity index (χ0n) is 13.4. The number of hydrogen-bond donors (Lipinski definition) is 2. The topological polar surface area (TPSA) is 38.0 Å². The van der Waals surface area contributed by atoms with Crippen LogP contribution < -0.4 is 11.3 Å². The Labute approximate surface area is 118 Å². The highest BCUT2D eigenvalue weighted by Crippen LogP contribution is 2.28. The van der Waals surface area contributed by atoms with Crippen molar-refractivity contribution < 1.29 is 0 Å². The molecule has 0 radical (unpaired) electrons. The average Bonchev–Trinajstić information content (AvgIpc) is 2.28. The van der Waals surface area contributed by atoms with Crippen molar-refractivity contribution in [3.8, 4) is 0 Å². The highest BCUT2D eigenvalue weighted by Gasteiger charge is 2.17. The van der Waals surface area contributed by atoms with Crippen LogP contribution in [0, 0.1) is 5.41 Å². The second-order valence-electron chi connectivity index (χ2n) is 7.69. The quantitative estimate of drug-likeness (QED) is 0.626. The number of nitrogens with two attached hydrogens (primary N) is 1. The Morgan fingerprint density at radius 1 is 1.00 bits per heavy atom. The fraction of sp³-hybridized carbons (Fsp3) is 0.647. The first-order valence-corrected chi connectivity index (χ1v) is 7.20. The van der Waals surface area contributed by atoms with Gasteiger partial charge in [-0.3, -0.25) is 11.3 Å². The van der Waals surface area contributed by atoms with E-state index in [1.54, 1.807) is 0 Å². The minimum absolute atomic E-state index is 0.204. The van der Waals surface area contributed by atoms with Crippen LogP contribution in [0.25, 0.3) is 0 Å². The summed E-state index contributed by atoms with van der Waals surface area (Å²) in [6, 6.07) is 9.09. The predicted molar refractivity (Wildman–Crippen MR) is 83.9 cm³/mol. The summed E-state index contributed by atoms with van der Waals surface area (Å²) in [5.74, 6) is 5.71. The predicted octanol–water partition coefficient (Wildman–Crippen LogP) is 4.31. The summed E-state index contributed by atoms with van der Waals surface area (Å²) in [7, 11) is 0. The van der Waals surface area contributed by atoms with Gasteiger partial charge in [0.1, 0.15) is 0 Å². The molecule has 0 saturated heterocycles. The van der Waals surface area contributed by atoms with Crippen LogP contribution in [0.4, 0.5) is 0 Å². The van der Waals surface area contributed by atoms with E-state index in [1.165, 1.54) is 11.1 Å². The lowest BCUT2D eigenvalue weighted by molar-refractivity contribution is 0.333. The molecule has 0 saturated carbocycles. The lowest BCUT2D eigenvalue weighted by Gasteiger charge is -2.24. The summed E-state index contributed by atoms with van der Waals surface area (Å²) in [6.07, 6.45) is 2.22. The molecule has 0 amide bonds. The van der Waals surface area contributed by atoms with E-state index < -0.39 is 0 Å². The molecule has 0 spiro atoms. The molecule has 3 N–H and O–H groups in total. The number of benzene rings is 1. The minimum Gasteiger partial charge on any atom is -0.271 e. The number of hydrogen-bond acceptors (Lipinski definition) is 2. The molecule has 108 valence electrons. The maximum Gasteiger partial charge on any atom is 0.0460 e. The molecule has 1 atom stereocenters. The normalized spacial score (nSPS) is 14.5. The molecule has 0 aliphatic rings. The Balaban J connectivity index is 2.77. The zero-order valence-corrected chi connectivity index (χ0v) is 13.4. The molecule has 2 nitrogen and oxygen atoms in total. The Bertz CT molecular complexity index is 379. The molecule has 0 heterocycles. The first kappa shape index (κ1) is 16.2. The molecule has 0 bridgehead atoms. The lowest BCUT2D eigenvalue weighted by Crippen LogP contribution is -2.29. The van der Waals surface area contributed by atoms with E-state index in [-0.39, 0.29) is 11.5 Å². The van der Waals surface area contributed by atoms with Crippen molar-refractivity contribution in [2.45, 2.75) is 65.8 Å². The molecule has 0 aliphatic carbocycles. The van der Waals surface area contributed by atoms with Gasteiger partial charge in [-0.15, -0.1) is 0 Å². The van der Waals surface area contributed by atoms with Crippen LogP contribution in [0.3, 0.4) is 0 Å². The van der Waals surface area contributed by atoms with E-state index in [2.05, 4.69) is 71.2 Å². The maximum absolute atomic E-state index is 5.71. The molecule has 1 unspecified atom stereocenters. The van der Waals surface area contributed by atoms with Crippen LogP contribution in [0.5, 0.6) is 0 Å². The minimum atomic E-state index is 0.204. The molecule has 1 aromatic carbocycles. The van der Waals surface area contributed by atoms with Crippen molar-refractivity contribution in [2.24, 2.45) is 11.3 Å². The van der Waals surface area contributed by atoms with E-state index in [0.717, 1.165) is 12.8 Å². The van der Waals surface area contributed by atoms with Crippen molar-refractivity contribution in [2.75, 3.05) is 0 Å². The number of nitrogens with one attached hydrogen (secondary N) is 1. The molecule has 19 heavy (non-hydrogen) atoms. The van der Waals surface area contributed by atoms with Crippen molar-refractivity contribution in [1.82, 2.24) is 5.43 Å². The second kappa shape index (κ2) is 6.06. The van der Waals surface area contributed by atoms with Gasteiger partial charge in [-0.2, -0.15) is 0 Å². The Kier molecular flexibility index (Phi) is 5.17.